The molecule has 0 unspecified atom stereocenters. The van der Waals surface area contributed by atoms with E-state index in [2.05, 4.69) is 9.97 Å². The van der Waals surface area contributed by atoms with Gasteiger partial charge in [-0.1, -0.05) is 26.0 Å². The van der Waals surface area contributed by atoms with Crippen LogP contribution in [0.15, 0.2) is 41.9 Å². The Labute approximate surface area is 164 Å². The first kappa shape index (κ1) is 22.6. The number of allylic oxidation sites excluding steroid dienone is 1. The molecule has 6 N–H and O–H groups in total. The molecule has 0 saturated carbocycles. The van der Waals surface area contributed by atoms with Gasteiger partial charge in [-0.3, -0.25) is 10.1 Å². The Kier molecular flexibility index (Phi) is 8.63. The van der Waals surface area contributed by atoms with Crippen molar-refractivity contribution in [3.05, 3.63) is 63.4 Å². The van der Waals surface area contributed by atoms with Gasteiger partial charge >= 0.3 is 5.69 Å². The molecule has 1 aromatic heterocycles. The van der Waals surface area contributed by atoms with Crippen LogP contribution in [0.2, 0.25) is 0 Å². The number of hydrazine groups is 1. The summed E-state index contributed by atoms with van der Waals surface area (Å²) >= 11 is 0. The van der Waals surface area contributed by atoms with E-state index in [1.165, 1.54) is 17.1 Å². The maximum atomic E-state index is 11.0. The zero-order chi connectivity index (χ0) is 21.3. The standard InChI is InChI=1S/C16H21N7O3.C2H6/c1-10(22(19)8-12-7-20-11(2)21-16(12)18)13(17)9-26-15-6-4-3-5-14(15)23(24)25;1-2/h3-7H,8-9,17,19H2,1-2H3,(H2,18,20,21);1-2H3/b13-10-;. The summed E-state index contributed by atoms with van der Waals surface area (Å²) in [6, 6.07) is 6.07. The van der Waals surface area contributed by atoms with Crippen molar-refractivity contribution in [1.29, 1.82) is 0 Å². The smallest absolute Gasteiger partial charge is 0.310 e. The van der Waals surface area contributed by atoms with Gasteiger partial charge in [0.1, 0.15) is 18.2 Å². The van der Waals surface area contributed by atoms with Crippen LogP contribution in [0, 0.1) is 17.0 Å². The van der Waals surface area contributed by atoms with Crippen molar-refractivity contribution in [1.82, 2.24) is 15.0 Å². The molecule has 0 amide bonds. The van der Waals surface area contributed by atoms with E-state index in [9.17, 15) is 10.1 Å². The van der Waals surface area contributed by atoms with Crippen LogP contribution in [0.25, 0.3) is 0 Å². The van der Waals surface area contributed by atoms with Crippen LogP contribution >= 0.6 is 0 Å². The lowest BCUT2D eigenvalue weighted by atomic mass is 10.2. The van der Waals surface area contributed by atoms with Crippen molar-refractivity contribution in [2.24, 2.45) is 11.6 Å². The van der Waals surface area contributed by atoms with E-state index in [-0.39, 0.29) is 24.6 Å². The molecule has 2 aromatic rings. The number of nitrogens with zero attached hydrogens (tertiary/aromatic N) is 4. The van der Waals surface area contributed by atoms with Crippen molar-refractivity contribution in [2.75, 3.05) is 12.3 Å². The fourth-order valence-electron chi connectivity index (χ4n) is 2.11. The molecule has 1 aromatic carbocycles. The third-order valence-corrected chi connectivity index (χ3v) is 3.70. The van der Waals surface area contributed by atoms with Crippen molar-refractivity contribution < 1.29 is 9.66 Å². The number of nitrogen functional groups attached to an aromatic ring is 1. The van der Waals surface area contributed by atoms with Gasteiger partial charge in [0.2, 0.25) is 0 Å². The zero-order valence-corrected chi connectivity index (χ0v) is 16.5. The highest BCUT2D eigenvalue weighted by molar-refractivity contribution is 5.45. The van der Waals surface area contributed by atoms with Crippen molar-refractivity contribution >= 4 is 11.5 Å². The summed E-state index contributed by atoms with van der Waals surface area (Å²) in [5, 5.41) is 12.4. The number of hydrogen-bond acceptors (Lipinski definition) is 9. The molecule has 0 aliphatic carbocycles. The normalized spacial score (nSPS) is 11.0. The van der Waals surface area contributed by atoms with Gasteiger partial charge in [-0.2, -0.15) is 0 Å². The highest BCUT2D eigenvalue weighted by Gasteiger charge is 2.15. The Morgan fingerprint density at radius 1 is 1.32 bits per heavy atom. The van der Waals surface area contributed by atoms with Gasteiger partial charge in [-0.05, 0) is 19.9 Å². The third kappa shape index (κ3) is 6.09. The fourth-order valence-corrected chi connectivity index (χ4v) is 2.11. The lowest BCUT2D eigenvalue weighted by molar-refractivity contribution is -0.385. The summed E-state index contributed by atoms with van der Waals surface area (Å²) in [6.07, 6.45) is 1.60. The molecule has 0 bridgehead atoms. The maximum Gasteiger partial charge on any atom is 0.310 e. The van der Waals surface area contributed by atoms with E-state index in [0.29, 0.717) is 28.6 Å². The van der Waals surface area contributed by atoms with Crippen LogP contribution < -0.4 is 22.0 Å². The molecular weight excluding hydrogens is 362 g/mol. The molecule has 0 spiro atoms. The average molecular weight is 389 g/mol. The quantitative estimate of drug-likeness (QED) is 0.366. The van der Waals surface area contributed by atoms with Gasteiger partial charge in [-0.25, -0.2) is 15.8 Å². The van der Waals surface area contributed by atoms with E-state index < -0.39 is 4.92 Å². The lowest BCUT2D eigenvalue weighted by Gasteiger charge is -2.22. The largest absolute Gasteiger partial charge is 0.480 e. The van der Waals surface area contributed by atoms with Gasteiger partial charge in [0.05, 0.1) is 17.2 Å². The molecule has 0 saturated heterocycles. The van der Waals surface area contributed by atoms with Crippen molar-refractivity contribution in [2.45, 2.75) is 34.2 Å². The van der Waals surface area contributed by atoms with Crippen LogP contribution in [0.5, 0.6) is 5.75 Å². The minimum Gasteiger partial charge on any atom is -0.480 e. The third-order valence-electron chi connectivity index (χ3n) is 3.70. The zero-order valence-electron chi connectivity index (χ0n) is 16.5. The summed E-state index contributed by atoms with van der Waals surface area (Å²) in [5.74, 6) is 7.07. The Balaban J connectivity index is 0.00000190. The second kappa shape index (κ2) is 10.7. The Bertz CT molecular complexity index is 840. The number of rotatable bonds is 7. The number of nitro groups is 1. The molecule has 10 nitrogen and oxygen atoms in total. The van der Waals surface area contributed by atoms with Crippen LogP contribution in [0.3, 0.4) is 0 Å². The van der Waals surface area contributed by atoms with Crippen molar-refractivity contribution in [3.63, 3.8) is 0 Å². The van der Waals surface area contributed by atoms with Crippen LogP contribution in [-0.4, -0.2) is 26.5 Å². The predicted octanol–water partition coefficient (Wildman–Crippen LogP) is 2.25. The number of aromatic nitrogens is 2. The summed E-state index contributed by atoms with van der Waals surface area (Å²) < 4.78 is 5.47. The van der Waals surface area contributed by atoms with Crippen LogP contribution in [0.1, 0.15) is 32.2 Å². The number of hydrogen-bond donors (Lipinski definition) is 3. The van der Waals surface area contributed by atoms with E-state index in [4.69, 9.17) is 22.0 Å². The SMILES string of the molecule is C/C(=C(/N)COc1ccccc1[N+](=O)[O-])N(N)Cc1cnc(C)nc1N.CC. The monoisotopic (exact) mass is 389 g/mol. The second-order valence-corrected chi connectivity index (χ2v) is 5.58. The molecule has 2 rings (SSSR count). The molecular formula is C18H27N7O3. The molecule has 152 valence electrons. The van der Waals surface area contributed by atoms with Crippen LogP contribution in [0.4, 0.5) is 11.5 Å². The summed E-state index contributed by atoms with van der Waals surface area (Å²) in [6.45, 7) is 7.65. The molecule has 0 radical (unpaired) electrons. The van der Waals surface area contributed by atoms with Gasteiger partial charge in [0.25, 0.3) is 0 Å². The minimum atomic E-state index is -0.516. The summed E-state index contributed by atoms with van der Waals surface area (Å²) in [7, 11) is 0. The first-order valence-electron chi connectivity index (χ1n) is 8.71. The number of para-hydroxylation sites is 2. The first-order valence-corrected chi connectivity index (χ1v) is 8.71. The highest BCUT2D eigenvalue weighted by Crippen LogP contribution is 2.26. The number of nitrogens with two attached hydrogens (primary N) is 3. The Morgan fingerprint density at radius 2 is 1.96 bits per heavy atom. The van der Waals surface area contributed by atoms with Gasteiger partial charge in [0.15, 0.2) is 5.75 Å². The molecule has 0 aliphatic rings. The predicted molar refractivity (Wildman–Crippen MR) is 108 cm³/mol. The fraction of sp³-hybridized carbons (Fsp3) is 0.333. The number of anilines is 1. The van der Waals surface area contributed by atoms with E-state index in [1.807, 2.05) is 13.8 Å². The van der Waals surface area contributed by atoms with Crippen molar-refractivity contribution in [3.8, 4) is 5.75 Å². The second-order valence-electron chi connectivity index (χ2n) is 5.58. The number of benzene rings is 1. The minimum absolute atomic E-state index is 0.0513. The first-order chi connectivity index (χ1) is 13.3. The highest BCUT2D eigenvalue weighted by atomic mass is 16.6. The van der Waals surface area contributed by atoms with E-state index in [0.717, 1.165) is 0 Å². The molecule has 28 heavy (non-hydrogen) atoms. The van der Waals surface area contributed by atoms with Gasteiger partial charge in [0, 0.05) is 23.5 Å². The van der Waals surface area contributed by atoms with Gasteiger partial charge < -0.3 is 21.2 Å². The molecule has 0 aliphatic heterocycles. The summed E-state index contributed by atoms with van der Waals surface area (Å²) in [5.41, 5.74) is 13.3. The Hall–Kier alpha value is -3.40. The van der Waals surface area contributed by atoms with Gasteiger partial charge in [-0.15, -0.1) is 0 Å². The summed E-state index contributed by atoms with van der Waals surface area (Å²) in [4.78, 5) is 18.7. The molecule has 0 atom stereocenters. The Morgan fingerprint density at radius 3 is 2.57 bits per heavy atom. The number of nitro benzene ring substituents is 1. The topological polar surface area (TPSA) is 159 Å². The maximum absolute atomic E-state index is 11.0. The average Bonchev–Trinajstić information content (AvgIpc) is 2.69. The number of ether oxygens (including phenoxy) is 1. The lowest BCUT2D eigenvalue weighted by Crippen LogP contribution is -2.32. The molecule has 0 fully saturated rings. The molecule has 10 heteroatoms. The van der Waals surface area contributed by atoms with E-state index in [1.54, 1.807) is 32.2 Å². The molecule has 1 heterocycles. The number of aryl methyl sites for hydroxylation is 1. The van der Waals surface area contributed by atoms with E-state index >= 15 is 0 Å². The van der Waals surface area contributed by atoms with Crippen LogP contribution in [-0.2, 0) is 6.54 Å².